The number of hydrogen-bond acceptors (Lipinski definition) is 5. The summed E-state index contributed by atoms with van der Waals surface area (Å²) >= 11 is 1.87. The fourth-order valence-electron chi connectivity index (χ4n) is 14.9. The summed E-state index contributed by atoms with van der Waals surface area (Å²) in [4.78, 5) is 4.87. The number of fused-ring (bicyclic) bond motifs is 15. The Bertz CT molecular complexity index is 6040. The lowest BCUT2D eigenvalue weighted by atomic mass is 9.92. The third-order valence-corrected chi connectivity index (χ3v) is 21.1. The topological polar surface area (TPSA) is 32.8 Å². The molecule has 0 saturated carbocycles. The Hall–Kier alpha value is -11.5. The maximum atomic E-state index is 6.59. The fraction of sp³-hybridized carbons (Fsp3) is 0.0870. The van der Waals surface area contributed by atoms with Crippen LogP contribution in [-0.2, 0) is 12.8 Å². The molecule has 0 fully saturated rings. The van der Waals surface area contributed by atoms with Crippen LogP contribution >= 0.6 is 11.3 Å². The molecule has 15 aromatic carbocycles. The summed E-state index contributed by atoms with van der Waals surface area (Å²) in [5, 5.41) is 14.2. The Morgan fingerprint density at radius 1 is 0.237 bits per heavy atom. The first-order chi connectivity index (χ1) is 47.9. The molecular weight excluding hydrogens is 1200 g/mol. The monoisotopic (exact) mass is 1260 g/mol. The average molecular weight is 1270 g/mol. The third-order valence-electron chi connectivity index (χ3n) is 20.0. The van der Waals surface area contributed by atoms with Gasteiger partial charge in [0.1, 0.15) is 22.3 Å². The van der Waals surface area contributed by atoms with Crippen LogP contribution < -0.4 is 9.80 Å². The summed E-state index contributed by atoms with van der Waals surface area (Å²) in [7, 11) is 0. The van der Waals surface area contributed by atoms with Crippen molar-refractivity contribution in [1.29, 1.82) is 0 Å². The molecule has 0 amide bonds. The van der Waals surface area contributed by atoms with E-state index in [9.17, 15) is 0 Å². The van der Waals surface area contributed by atoms with Crippen LogP contribution in [0.1, 0.15) is 50.7 Å². The molecule has 0 radical (unpaired) electrons. The summed E-state index contributed by atoms with van der Waals surface area (Å²) in [6.45, 7) is 4.52. The molecule has 0 bridgehead atoms. The van der Waals surface area contributed by atoms with Crippen LogP contribution in [0.2, 0.25) is 0 Å². The van der Waals surface area contributed by atoms with Crippen LogP contribution in [0.15, 0.2) is 312 Å². The Kier molecular flexibility index (Phi) is 14.6. The predicted molar refractivity (Wildman–Crippen MR) is 415 cm³/mol. The standard InChI is InChI=1S/C92H68N2O2S/c1-3-5-17-59-29-33-63(34-30-59)65-23-15-25-69(49-65)93(72-40-46-89-83(54-72)81-51-67(37-44-87(81)95-89)61-19-9-7-10-20-61)71-39-43-77-78(53-71)75-27-13-14-28-76(75)79-57-86-85-56-74(42-48-91(85)97-92(86)58-80(77)79)94(70-26-16-24-66(50-70)64-35-31-60(32-36-64)18-6-4-2)73-41-47-90-84(55-73)82-52-68(38-45-88(82)96-90)62-21-11-8-12-22-62/h7-16,19-58H,3-6,17-18H2,1-2H3. The Morgan fingerprint density at radius 3 is 1.09 bits per heavy atom. The van der Waals surface area contributed by atoms with E-state index < -0.39 is 0 Å². The van der Waals surface area contributed by atoms with E-state index in [2.05, 4.69) is 327 Å². The number of unbranched alkanes of at least 4 members (excludes halogenated alkanes) is 2. The van der Waals surface area contributed by atoms with Crippen molar-refractivity contribution in [2.24, 2.45) is 0 Å². The second-order valence-corrected chi connectivity index (χ2v) is 27.1. The molecule has 0 spiro atoms. The molecule has 0 aliphatic heterocycles. The number of nitrogens with zero attached hydrogens (tertiary/aromatic N) is 2. The van der Waals surface area contributed by atoms with Gasteiger partial charge in [-0.1, -0.05) is 203 Å². The molecule has 5 heteroatoms. The smallest absolute Gasteiger partial charge is 0.135 e. The Balaban J connectivity index is 0.783. The van der Waals surface area contributed by atoms with E-state index >= 15 is 0 Å². The largest absolute Gasteiger partial charge is 0.456 e. The minimum atomic E-state index is 0.863. The van der Waals surface area contributed by atoms with E-state index in [-0.39, 0.29) is 0 Å². The van der Waals surface area contributed by atoms with Crippen LogP contribution in [0.25, 0.3) is 141 Å². The normalized spacial score (nSPS) is 11.9. The van der Waals surface area contributed by atoms with Crippen LogP contribution in [0.5, 0.6) is 0 Å². The zero-order valence-electron chi connectivity index (χ0n) is 54.2. The van der Waals surface area contributed by atoms with Crippen molar-refractivity contribution >= 4 is 142 Å². The number of anilines is 6. The predicted octanol–water partition coefficient (Wildman–Crippen LogP) is 27.6. The number of hydrogen-bond donors (Lipinski definition) is 0. The van der Waals surface area contributed by atoms with Crippen molar-refractivity contribution in [2.75, 3.05) is 9.80 Å². The first-order valence-corrected chi connectivity index (χ1v) is 35.0. The van der Waals surface area contributed by atoms with E-state index in [1.54, 1.807) is 0 Å². The molecule has 3 aromatic heterocycles. The van der Waals surface area contributed by atoms with Gasteiger partial charge in [0.2, 0.25) is 0 Å². The number of thiophene rings is 1. The van der Waals surface area contributed by atoms with E-state index in [0.29, 0.717) is 0 Å². The van der Waals surface area contributed by atoms with Crippen molar-refractivity contribution in [3.63, 3.8) is 0 Å². The molecule has 0 aliphatic carbocycles. The third kappa shape index (κ3) is 10.5. The second-order valence-electron chi connectivity index (χ2n) is 26.0. The highest BCUT2D eigenvalue weighted by Gasteiger charge is 2.23. The molecule has 18 rings (SSSR count). The van der Waals surface area contributed by atoms with Crippen LogP contribution in [0.4, 0.5) is 34.1 Å². The highest BCUT2D eigenvalue weighted by molar-refractivity contribution is 7.26. The number of aryl methyl sites for hydroxylation is 2. The maximum Gasteiger partial charge on any atom is 0.135 e. The van der Waals surface area contributed by atoms with Crippen LogP contribution in [0.3, 0.4) is 0 Å². The molecule has 0 saturated heterocycles. The quantitative estimate of drug-likeness (QED) is 0.0903. The van der Waals surface area contributed by atoms with Crippen molar-refractivity contribution in [3.05, 3.63) is 314 Å². The van der Waals surface area contributed by atoms with Gasteiger partial charge in [-0.2, -0.15) is 0 Å². The molecule has 97 heavy (non-hydrogen) atoms. The lowest BCUT2D eigenvalue weighted by Crippen LogP contribution is -2.10. The molecule has 464 valence electrons. The minimum absolute atomic E-state index is 0.863. The van der Waals surface area contributed by atoms with Gasteiger partial charge in [0.15, 0.2) is 0 Å². The van der Waals surface area contributed by atoms with Gasteiger partial charge in [-0.3, -0.25) is 0 Å². The van der Waals surface area contributed by atoms with Gasteiger partial charge in [-0.05, 0) is 241 Å². The molecule has 18 aromatic rings. The molecular formula is C92H68N2O2S. The summed E-state index contributed by atoms with van der Waals surface area (Å²) in [6, 6.07) is 112. The van der Waals surface area contributed by atoms with Gasteiger partial charge in [-0.15, -0.1) is 11.3 Å². The summed E-state index contributed by atoms with van der Waals surface area (Å²) in [6.07, 6.45) is 6.93. The van der Waals surface area contributed by atoms with Crippen molar-refractivity contribution in [3.8, 4) is 44.5 Å². The van der Waals surface area contributed by atoms with Crippen LogP contribution in [0, 0.1) is 0 Å². The Morgan fingerprint density at radius 2 is 0.588 bits per heavy atom. The molecule has 0 N–H and O–H groups in total. The fourth-order valence-corrected chi connectivity index (χ4v) is 16.0. The minimum Gasteiger partial charge on any atom is -0.456 e. The highest BCUT2D eigenvalue weighted by Crippen LogP contribution is 2.49. The van der Waals surface area contributed by atoms with Gasteiger partial charge in [-0.25, -0.2) is 0 Å². The van der Waals surface area contributed by atoms with E-state index in [1.807, 2.05) is 11.3 Å². The van der Waals surface area contributed by atoms with E-state index in [4.69, 9.17) is 8.83 Å². The van der Waals surface area contributed by atoms with Crippen molar-refractivity contribution < 1.29 is 8.83 Å². The number of benzene rings is 15. The van der Waals surface area contributed by atoms with Gasteiger partial charge < -0.3 is 18.6 Å². The summed E-state index contributed by atoms with van der Waals surface area (Å²) in [5.41, 5.74) is 22.1. The molecule has 0 atom stereocenters. The highest BCUT2D eigenvalue weighted by atomic mass is 32.1. The van der Waals surface area contributed by atoms with Gasteiger partial charge in [0.05, 0.1) is 0 Å². The lowest BCUT2D eigenvalue weighted by Gasteiger charge is -2.27. The first-order valence-electron chi connectivity index (χ1n) is 34.2. The maximum absolute atomic E-state index is 6.59. The van der Waals surface area contributed by atoms with E-state index in [1.165, 1.54) is 123 Å². The van der Waals surface area contributed by atoms with Crippen molar-refractivity contribution in [2.45, 2.75) is 52.4 Å². The SMILES string of the molecule is CCCCc1ccc(-c2cccc(N(c3ccc4oc5ccc(-c6ccccc6)cc5c4c3)c3ccc4sc5cc6c7ccc(N(c8cccc(-c9ccc(CCCC)cc9)c8)c8ccc9oc%10ccc(-c%11ccccc%11)cc%10c9c8)cc7c7ccccc7c6cc5c4c3)c2)cc1. The summed E-state index contributed by atoms with van der Waals surface area (Å²) < 4.78 is 15.7. The summed E-state index contributed by atoms with van der Waals surface area (Å²) in [5.74, 6) is 0. The average Bonchev–Trinajstić information content (AvgIpc) is 1.72. The van der Waals surface area contributed by atoms with Crippen LogP contribution in [-0.4, -0.2) is 0 Å². The van der Waals surface area contributed by atoms with Gasteiger partial charge >= 0.3 is 0 Å². The van der Waals surface area contributed by atoms with Gasteiger partial charge in [0, 0.05) is 75.8 Å². The zero-order chi connectivity index (χ0) is 64.5. The number of rotatable bonds is 16. The lowest BCUT2D eigenvalue weighted by molar-refractivity contribution is 0.668. The van der Waals surface area contributed by atoms with Gasteiger partial charge in [0.25, 0.3) is 0 Å². The van der Waals surface area contributed by atoms with Crippen molar-refractivity contribution in [1.82, 2.24) is 0 Å². The second kappa shape index (κ2) is 24.4. The number of furan rings is 2. The molecule has 4 nitrogen and oxygen atoms in total. The molecule has 0 unspecified atom stereocenters. The van der Waals surface area contributed by atoms with E-state index in [0.717, 1.165) is 102 Å². The molecule has 0 aliphatic rings. The first kappa shape index (κ1) is 58.1. The molecule has 3 heterocycles. The zero-order valence-corrected chi connectivity index (χ0v) is 55.0. The Labute approximate surface area is 568 Å².